The first-order valence-corrected chi connectivity index (χ1v) is 12.6. The lowest BCUT2D eigenvalue weighted by molar-refractivity contribution is -0.139. The topological polar surface area (TPSA) is 102 Å². The molecule has 4 rings (SSSR count). The van der Waals surface area contributed by atoms with Crippen LogP contribution in [0.15, 0.2) is 89.0 Å². The average Bonchev–Trinajstić information content (AvgIpc) is 3.31. The lowest BCUT2D eigenvalue weighted by Crippen LogP contribution is -2.37. The van der Waals surface area contributed by atoms with Crippen molar-refractivity contribution in [2.75, 3.05) is 6.61 Å². The molecule has 0 aliphatic rings. The van der Waals surface area contributed by atoms with E-state index in [0.717, 1.165) is 40.8 Å². The smallest absolute Gasteiger partial charge is 0.326 e. The summed E-state index contributed by atoms with van der Waals surface area (Å²) in [6.07, 6.45) is 1.71. The monoisotopic (exact) mass is 546 g/mol. The summed E-state index contributed by atoms with van der Waals surface area (Å²) in [6, 6.07) is 18.9. The summed E-state index contributed by atoms with van der Waals surface area (Å²) in [5.41, 5.74) is 2.22. The molecule has 4 aromatic rings. The molecule has 1 atom stereocenters. The highest BCUT2D eigenvalue weighted by Crippen LogP contribution is 2.22. The molecule has 3 aromatic carbocycles. The van der Waals surface area contributed by atoms with Gasteiger partial charge in [0.1, 0.15) is 17.6 Å². The van der Waals surface area contributed by atoms with E-state index in [1.165, 1.54) is 13.0 Å². The van der Waals surface area contributed by atoms with Crippen LogP contribution < -0.4 is 10.1 Å². The van der Waals surface area contributed by atoms with Crippen molar-refractivity contribution in [1.82, 2.24) is 10.3 Å². The fraction of sp³-hybridized carbons (Fsp3) is 0.194. The minimum atomic E-state index is -1.25. The lowest BCUT2D eigenvalue weighted by Gasteiger charge is -2.16. The largest absolute Gasteiger partial charge is 0.493 e. The number of nitrogens with one attached hydrogen (secondary N) is 1. The highest BCUT2D eigenvalue weighted by Gasteiger charge is 2.19. The van der Waals surface area contributed by atoms with Gasteiger partial charge in [-0.15, -0.1) is 0 Å². The number of aryl methyl sites for hydroxylation is 1. The van der Waals surface area contributed by atoms with Gasteiger partial charge in [0.25, 0.3) is 0 Å². The number of hydrogen-bond acceptors (Lipinski definition) is 6. The number of nitrogens with zero attached hydrogens (tertiary/aromatic N) is 1. The number of ketones is 1. The van der Waals surface area contributed by atoms with Gasteiger partial charge in [-0.2, -0.15) is 0 Å². The number of carboxylic acid groups (broad SMARTS) is 1. The molecule has 1 heterocycles. The molecule has 40 heavy (non-hydrogen) atoms. The van der Waals surface area contributed by atoms with E-state index in [0.29, 0.717) is 24.7 Å². The second kappa shape index (κ2) is 12.8. The summed E-state index contributed by atoms with van der Waals surface area (Å²) in [4.78, 5) is 28.7. The van der Waals surface area contributed by atoms with Crippen LogP contribution in [0.25, 0.3) is 11.5 Å². The molecule has 0 aliphatic heterocycles. The van der Waals surface area contributed by atoms with Crippen LogP contribution >= 0.6 is 0 Å². The quantitative estimate of drug-likeness (QED) is 0.168. The number of carboxylic acids is 1. The van der Waals surface area contributed by atoms with Crippen molar-refractivity contribution in [2.24, 2.45) is 0 Å². The number of ether oxygens (including phenoxy) is 1. The molecule has 9 heteroatoms. The van der Waals surface area contributed by atoms with Crippen LogP contribution in [0, 0.1) is 18.6 Å². The van der Waals surface area contributed by atoms with Gasteiger partial charge in [-0.1, -0.05) is 36.4 Å². The summed E-state index contributed by atoms with van der Waals surface area (Å²) in [5.74, 6) is -2.37. The zero-order valence-electron chi connectivity index (χ0n) is 22.0. The average molecular weight is 547 g/mol. The predicted molar refractivity (Wildman–Crippen MR) is 145 cm³/mol. The molecule has 2 N–H and O–H groups in total. The van der Waals surface area contributed by atoms with Crippen molar-refractivity contribution in [3.05, 3.63) is 119 Å². The Bertz CT molecular complexity index is 1510. The summed E-state index contributed by atoms with van der Waals surface area (Å²) in [5, 5.41) is 12.4. The fourth-order valence-corrected chi connectivity index (χ4v) is 4.07. The van der Waals surface area contributed by atoms with Gasteiger partial charge in [-0.25, -0.2) is 18.6 Å². The van der Waals surface area contributed by atoms with Crippen LogP contribution in [-0.2, 0) is 17.6 Å². The highest BCUT2D eigenvalue weighted by atomic mass is 19.2. The number of halogens is 2. The van der Waals surface area contributed by atoms with Gasteiger partial charge in [0, 0.05) is 30.2 Å². The molecule has 0 radical (unpaired) electrons. The standard InChI is InChI=1S/C31H28F2N2O5/c1-19(17-28(36)24-9-6-10-25(32)29(24)33)34-27(31(37)38)18-21-11-13-23(14-12-21)39-16-15-26-20(2)40-30(35-26)22-7-4-3-5-8-22/h3-14,17,27,34H,15-16,18H2,1-2H3,(H,37,38)/t27-/m0/s1. The Balaban J connectivity index is 1.31. The van der Waals surface area contributed by atoms with Crippen molar-refractivity contribution in [2.45, 2.75) is 32.7 Å². The third kappa shape index (κ3) is 7.19. The number of rotatable bonds is 12. The number of aromatic nitrogens is 1. The first-order chi connectivity index (χ1) is 19.2. The van der Waals surface area contributed by atoms with Crippen LogP contribution in [0.5, 0.6) is 5.75 Å². The lowest BCUT2D eigenvalue weighted by atomic mass is 10.0. The molecule has 0 saturated carbocycles. The second-order valence-electron chi connectivity index (χ2n) is 9.16. The molecule has 0 fully saturated rings. The number of carbonyl (C=O) groups excluding carboxylic acids is 1. The van der Waals surface area contributed by atoms with Crippen molar-refractivity contribution < 1.29 is 32.6 Å². The zero-order valence-corrected chi connectivity index (χ0v) is 22.0. The molecule has 206 valence electrons. The van der Waals surface area contributed by atoms with Gasteiger partial charge in [0.05, 0.1) is 17.9 Å². The van der Waals surface area contributed by atoms with Crippen LogP contribution in [0.4, 0.5) is 8.78 Å². The Labute approximate surface area is 230 Å². The maximum absolute atomic E-state index is 13.9. The molecule has 1 aromatic heterocycles. The molecule has 0 amide bonds. The Morgan fingerprint density at radius 3 is 2.48 bits per heavy atom. The molecular formula is C31H28F2N2O5. The predicted octanol–water partition coefficient (Wildman–Crippen LogP) is 5.92. The summed E-state index contributed by atoms with van der Waals surface area (Å²) < 4.78 is 39.0. The van der Waals surface area contributed by atoms with Crippen LogP contribution in [0.3, 0.4) is 0 Å². The number of carbonyl (C=O) groups is 2. The van der Waals surface area contributed by atoms with Crippen LogP contribution in [-0.4, -0.2) is 34.5 Å². The maximum atomic E-state index is 13.9. The summed E-state index contributed by atoms with van der Waals surface area (Å²) in [7, 11) is 0. The number of hydrogen-bond donors (Lipinski definition) is 2. The van der Waals surface area contributed by atoms with Crippen molar-refractivity contribution in [3.63, 3.8) is 0 Å². The van der Waals surface area contributed by atoms with Gasteiger partial charge in [0.2, 0.25) is 5.89 Å². The first kappa shape index (κ1) is 28.2. The zero-order chi connectivity index (χ0) is 28.6. The van der Waals surface area contributed by atoms with E-state index < -0.39 is 35.0 Å². The highest BCUT2D eigenvalue weighted by molar-refractivity contribution is 6.05. The van der Waals surface area contributed by atoms with E-state index in [1.807, 2.05) is 37.3 Å². The SMILES string of the molecule is CC(=CC(=O)c1cccc(F)c1F)N[C@@H](Cc1ccc(OCCc2nc(-c3ccccc3)oc2C)cc1)C(=O)O. The second-order valence-corrected chi connectivity index (χ2v) is 9.16. The Hall–Kier alpha value is -4.79. The van der Waals surface area contributed by atoms with E-state index in [2.05, 4.69) is 10.3 Å². The fourth-order valence-electron chi connectivity index (χ4n) is 4.07. The Kier molecular flexibility index (Phi) is 9.06. The third-order valence-corrected chi connectivity index (χ3v) is 6.15. The third-order valence-electron chi connectivity index (χ3n) is 6.15. The number of benzene rings is 3. The van der Waals surface area contributed by atoms with Gasteiger partial charge >= 0.3 is 5.97 Å². The number of allylic oxidation sites excluding steroid dienone is 2. The number of aliphatic carboxylic acids is 1. The van der Waals surface area contributed by atoms with Gasteiger partial charge < -0.3 is 19.6 Å². The summed E-state index contributed by atoms with van der Waals surface area (Å²) in [6.45, 7) is 3.73. The molecule has 0 unspecified atom stereocenters. The van der Waals surface area contributed by atoms with Gasteiger partial charge in [0.15, 0.2) is 17.4 Å². The first-order valence-electron chi connectivity index (χ1n) is 12.6. The van der Waals surface area contributed by atoms with E-state index >= 15 is 0 Å². The summed E-state index contributed by atoms with van der Waals surface area (Å²) >= 11 is 0. The Morgan fingerprint density at radius 2 is 1.77 bits per heavy atom. The van der Waals surface area contributed by atoms with Gasteiger partial charge in [-0.05, 0) is 55.8 Å². The molecule has 0 saturated heterocycles. The molecule has 0 spiro atoms. The molecule has 0 aliphatic carbocycles. The van der Waals surface area contributed by atoms with E-state index in [1.54, 1.807) is 24.3 Å². The van der Waals surface area contributed by atoms with Crippen molar-refractivity contribution in [1.29, 1.82) is 0 Å². The Morgan fingerprint density at radius 1 is 1.05 bits per heavy atom. The van der Waals surface area contributed by atoms with Crippen LogP contribution in [0.2, 0.25) is 0 Å². The maximum Gasteiger partial charge on any atom is 0.326 e. The molecular weight excluding hydrogens is 518 g/mol. The molecule has 0 bridgehead atoms. The van der Waals surface area contributed by atoms with Crippen molar-refractivity contribution >= 4 is 11.8 Å². The van der Waals surface area contributed by atoms with Gasteiger partial charge in [-0.3, -0.25) is 4.79 Å². The van der Waals surface area contributed by atoms with Crippen LogP contribution in [0.1, 0.15) is 34.3 Å². The van der Waals surface area contributed by atoms with E-state index in [4.69, 9.17) is 9.15 Å². The van der Waals surface area contributed by atoms with E-state index in [9.17, 15) is 23.5 Å². The number of oxazole rings is 1. The normalized spacial score (nSPS) is 12.2. The molecule has 7 nitrogen and oxygen atoms in total. The van der Waals surface area contributed by atoms with E-state index in [-0.39, 0.29) is 12.1 Å². The van der Waals surface area contributed by atoms with Crippen molar-refractivity contribution in [3.8, 4) is 17.2 Å². The minimum absolute atomic E-state index is 0.115. The minimum Gasteiger partial charge on any atom is -0.493 e.